The van der Waals surface area contributed by atoms with Gasteiger partial charge >= 0.3 is 0 Å². The number of halogens is 2. The number of nitrogens with one attached hydrogen (secondary N) is 1. The smallest absolute Gasteiger partial charge is 0.256 e. The summed E-state index contributed by atoms with van der Waals surface area (Å²) in [6.07, 6.45) is 3.59. The van der Waals surface area contributed by atoms with Gasteiger partial charge in [0.1, 0.15) is 6.04 Å². The van der Waals surface area contributed by atoms with Crippen molar-refractivity contribution in [2.45, 2.75) is 37.8 Å². The Morgan fingerprint density at radius 2 is 1.95 bits per heavy atom. The molecule has 0 aromatic heterocycles. The molecule has 1 unspecified atom stereocenters. The number of rotatable bonds is 3. The molecule has 1 aliphatic carbocycles. The molecule has 1 saturated carbocycles. The summed E-state index contributed by atoms with van der Waals surface area (Å²) in [5, 5.41) is 3.78. The second-order valence-electron chi connectivity index (χ2n) is 5.56. The third-order valence-corrected chi connectivity index (χ3v) is 4.46. The van der Waals surface area contributed by atoms with Crippen LogP contribution in [0, 0.1) is 0 Å². The molecule has 2 fully saturated rings. The Labute approximate surface area is 133 Å². The van der Waals surface area contributed by atoms with E-state index >= 15 is 0 Å². The zero-order valence-electron chi connectivity index (χ0n) is 11.4. The molecule has 1 aliphatic heterocycles. The average molecular weight is 327 g/mol. The van der Waals surface area contributed by atoms with Crippen LogP contribution >= 0.6 is 23.2 Å². The van der Waals surface area contributed by atoms with Crippen LogP contribution in [0.4, 0.5) is 0 Å². The summed E-state index contributed by atoms with van der Waals surface area (Å²) in [6.45, 7) is 0.574. The van der Waals surface area contributed by atoms with Gasteiger partial charge in [0, 0.05) is 17.6 Å². The molecule has 0 radical (unpaired) electrons. The number of carbonyl (C=O) groups is 2. The van der Waals surface area contributed by atoms with Crippen molar-refractivity contribution < 1.29 is 9.59 Å². The maximum atomic E-state index is 12.6. The number of benzene rings is 1. The van der Waals surface area contributed by atoms with E-state index in [1.54, 1.807) is 23.1 Å². The number of carbonyl (C=O) groups excluding carboxylic acids is 2. The Morgan fingerprint density at radius 1 is 1.19 bits per heavy atom. The quantitative estimate of drug-likeness (QED) is 0.928. The SMILES string of the molecule is O=C(NC1CC1)C1CCCN1C(=O)c1cc(Cl)ccc1Cl. The summed E-state index contributed by atoms with van der Waals surface area (Å²) in [4.78, 5) is 26.5. The van der Waals surface area contributed by atoms with Gasteiger partial charge in [0.05, 0.1) is 10.6 Å². The molecule has 1 atom stereocenters. The second kappa shape index (κ2) is 5.85. The molecule has 2 amide bonds. The van der Waals surface area contributed by atoms with E-state index in [2.05, 4.69) is 5.32 Å². The summed E-state index contributed by atoms with van der Waals surface area (Å²) in [5.41, 5.74) is 0.357. The lowest BCUT2D eigenvalue weighted by molar-refractivity contribution is -0.125. The maximum Gasteiger partial charge on any atom is 0.256 e. The first-order chi connectivity index (χ1) is 10.1. The fourth-order valence-corrected chi connectivity index (χ4v) is 2.99. The van der Waals surface area contributed by atoms with Gasteiger partial charge in [-0.2, -0.15) is 0 Å². The Morgan fingerprint density at radius 3 is 2.67 bits per heavy atom. The monoisotopic (exact) mass is 326 g/mol. The molecule has 3 rings (SSSR count). The van der Waals surface area contributed by atoms with Crippen molar-refractivity contribution in [1.82, 2.24) is 10.2 Å². The Bertz CT molecular complexity index is 587. The fourth-order valence-electron chi connectivity index (χ4n) is 2.62. The summed E-state index contributed by atoms with van der Waals surface area (Å²) in [6, 6.07) is 4.70. The van der Waals surface area contributed by atoms with Gasteiger partial charge in [-0.15, -0.1) is 0 Å². The fraction of sp³-hybridized carbons (Fsp3) is 0.467. The minimum absolute atomic E-state index is 0.0542. The lowest BCUT2D eigenvalue weighted by Crippen LogP contribution is -2.46. The standard InChI is InChI=1S/C15H16Cl2N2O2/c16-9-3-6-12(17)11(8-9)15(21)19-7-1-2-13(19)14(20)18-10-4-5-10/h3,6,8,10,13H,1-2,4-5,7H2,(H,18,20). The zero-order valence-corrected chi connectivity index (χ0v) is 13.0. The first-order valence-electron chi connectivity index (χ1n) is 7.12. The molecular weight excluding hydrogens is 311 g/mol. The van der Waals surface area contributed by atoms with Crippen molar-refractivity contribution in [2.75, 3.05) is 6.54 Å². The van der Waals surface area contributed by atoms with Crippen molar-refractivity contribution in [3.05, 3.63) is 33.8 Å². The van der Waals surface area contributed by atoms with Gasteiger partial charge in [0.25, 0.3) is 5.91 Å². The molecular formula is C15H16Cl2N2O2. The minimum atomic E-state index is -0.395. The van der Waals surface area contributed by atoms with Crippen LogP contribution in [0.25, 0.3) is 0 Å². The molecule has 6 heteroatoms. The van der Waals surface area contributed by atoms with Gasteiger partial charge in [0.15, 0.2) is 0 Å². The summed E-state index contributed by atoms with van der Waals surface area (Å²) in [5.74, 6) is -0.280. The molecule has 4 nitrogen and oxygen atoms in total. The van der Waals surface area contributed by atoms with Crippen molar-refractivity contribution in [3.8, 4) is 0 Å². The van der Waals surface area contributed by atoms with E-state index in [-0.39, 0.29) is 11.8 Å². The number of hydrogen-bond donors (Lipinski definition) is 1. The normalized spacial score (nSPS) is 21.4. The van der Waals surface area contributed by atoms with Gasteiger partial charge < -0.3 is 10.2 Å². The van der Waals surface area contributed by atoms with Crippen LogP contribution in [0.2, 0.25) is 10.0 Å². The minimum Gasteiger partial charge on any atom is -0.352 e. The molecule has 0 bridgehead atoms. The summed E-state index contributed by atoms with van der Waals surface area (Å²) < 4.78 is 0. The third kappa shape index (κ3) is 3.16. The lowest BCUT2D eigenvalue weighted by atomic mass is 10.1. The third-order valence-electron chi connectivity index (χ3n) is 3.90. The van der Waals surface area contributed by atoms with E-state index in [0.29, 0.717) is 34.6 Å². The molecule has 1 aromatic rings. The van der Waals surface area contributed by atoms with Crippen LogP contribution in [0.1, 0.15) is 36.0 Å². The van der Waals surface area contributed by atoms with Gasteiger partial charge in [-0.3, -0.25) is 9.59 Å². The van der Waals surface area contributed by atoms with Crippen molar-refractivity contribution in [1.29, 1.82) is 0 Å². The largest absolute Gasteiger partial charge is 0.352 e. The lowest BCUT2D eigenvalue weighted by Gasteiger charge is -2.24. The van der Waals surface area contributed by atoms with Crippen molar-refractivity contribution in [3.63, 3.8) is 0 Å². The molecule has 0 spiro atoms. The predicted octanol–water partition coefficient (Wildman–Crippen LogP) is 2.88. The van der Waals surface area contributed by atoms with E-state index in [1.165, 1.54) is 0 Å². The molecule has 1 saturated heterocycles. The molecule has 112 valence electrons. The average Bonchev–Trinajstić information content (AvgIpc) is 3.13. The highest BCUT2D eigenvalue weighted by Crippen LogP contribution is 2.27. The molecule has 1 heterocycles. The highest BCUT2D eigenvalue weighted by atomic mass is 35.5. The maximum absolute atomic E-state index is 12.6. The van der Waals surface area contributed by atoms with Gasteiger partial charge in [-0.1, -0.05) is 23.2 Å². The van der Waals surface area contributed by atoms with Crippen molar-refractivity contribution >= 4 is 35.0 Å². The highest BCUT2D eigenvalue weighted by molar-refractivity contribution is 6.35. The Hall–Kier alpha value is -1.26. The van der Waals surface area contributed by atoms with E-state index in [4.69, 9.17) is 23.2 Å². The zero-order chi connectivity index (χ0) is 15.0. The van der Waals surface area contributed by atoms with Gasteiger partial charge in [0.2, 0.25) is 5.91 Å². The highest BCUT2D eigenvalue weighted by Gasteiger charge is 2.37. The molecule has 1 aromatic carbocycles. The van der Waals surface area contributed by atoms with Crippen LogP contribution in [0.15, 0.2) is 18.2 Å². The van der Waals surface area contributed by atoms with Gasteiger partial charge in [-0.25, -0.2) is 0 Å². The van der Waals surface area contributed by atoms with Crippen LogP contribution in [-0.4, -0.2) is 35.3 Å². The van der Waals surface area contributed by atoms with Gasteiger partial charge in [-0.05, 0) is 43.9 Å². The Balaban J connectivity index is 1.78. The van der Waals surface area contributed by atoms with Crippen LogP contribution < -0.4 is 5.32 Å². The van der Waals surface area contributed by atoms with E-state index < -0.39 is 6.04 Å². The summed E-state index contributed by atoms with van der Waals surface area (Å²) >= 11 is 12.0. The van der Waals surface area contributed by atoms with E-state index in [9.17, 15) is 9.59 Å². The van der Waals surface area contributed by atoms with Crippen LogP contribution in [0.5, 0.6) is 0 Å². The van der Waals surface area contributed by atoms with Crippen LogP contribution in [0.3, 0.4) is 0 Å². The predicted molar refractivity (Wildman–Crippen MR) is 81.7 cm³/mol. The second-order valence-corrected chi connectivity index (χ2v) is 6.41. The number of likely N-dealkylation sites (tertiary alicyclic amines) is 1. The van der Waals surface area contributed by atoms with E-state index in [1.807, 2.05) is 0 Å². The molecule has 1 N–H and O–H groups in total. The first-order valence-corrected chi connectivity index (χ1v) is 7.88. The van der Waals surface area contributed by atoms with E-state index in [0.717, 1.165) is 19.3 Å². The van der Waals surface area contributed by atoms with Crippen LogP contribution in [-0.2, 0) is 4.79 Å². The topological polar surface area (TPSA) is 49.4 Å². The summed E-state index contributed by atoms with van der Waals surface area (Å²) in [7, 11) is 0. The Kier molecular flexibility index (Phi) is 4.09. The number of nitrogens with zero attached hydrogens (tertiary/aromatic N) is 1. The number of hydrogen-bond acceptors (Lipinski definition) is 2. The molecule has 21 heavy (non-hydrogen) atoms. The number of amides is 2. The van der Waals surface area contributed by atoms with Crippen molar-refractivity contribution in [2.24, 2.45) is 0 Å². The molecule has 2 aliphatic rings. The first kappa shape index (κ1) is 14.7.